The van der Waals surface area contributed by atoms with Gasteiger partial charge in [-0.2, -0.15) is 17.5 Å². The quantitative estimate of drug-likeness (QED) is 0.455. The van der Waals surface area contributed by atoms with Crippen molar-refractivity contribution in [2.75, 3.05) is 12.4 Å². The van der Waals surface area contributed by atoms with E-state index >= 15 is 0 Å². The maximum Gasteiger partial charge on any atom is 0.433 e. The van der Waals surface area contributed by atoms with Gasteiger partial charge in [-0.1, -0.05) is 17.7 Å². The molecule has 2 aromatic carbocycles. The molecule has 1 heterocycles. The first kappa shape index (κ1) is 26.2. The van der Waals surface area contributed by atoms with Gasteiger partial charge in [-0.05, 0) is 68.1 Å². The van der Waals surface area contributed by atoms with E-state index in [1.807, 2.05) is 0 Å². The molecule has 1 saturated carbocycles. The topological polar surface area (TPSA) is 105 Å². The van der Waals surface area contributed by atoms with E-state index in [0.717, 1.165) is 6.07 Å². The van der Waals surface area contributed by atoms with Crippen molar-refractivity contribution < 1.29 is 26.4 Å². The first-order valence-corrected chi connectivity index (χ1v) is 13.0. The number of nitrogens with two attached hydrogens (primary N) is 1. The highest BCUT2D eigenvalue weighted by Gasteiger charge is 2.35. The molecule has 3 N–H and O–H groups in total. The molecule has 1 aliphatic carbocycles. The maximum absolute atomic E-state index is 13.4. The van der Waals surface area contributed by atoms with Crippen LogP contribution in [0.25, 0.3) is 10.9 Å². The Morgan fingerprint density at radius 3 is 2.44 bits per heavy atom. The van der Waals surface area contributed by atoms with Crippen LogP contribution in [0, 0.1) is 0 Å². The SMILES string of the molecule is CN(C1CCC(Nc2cc(C(F)(F)F)nc3ccc(Cl)cc23)CC1)S(=O)(=O)c1cccc(C(N)=O)c1. The number of sulfonamides is 1. The van der Waals surface area contributed by atoms with Gasteiger partial charge in [0.2, 0.25) is 15.9 Å². The van der Waals surface area contributed by atoms with Gasteiger partial charge >= 0.3 is 6.18 Å². The number of benzene rings is 2. The second-order valence-corrected chi connectivity index (χ2v) is 11.2. The van der Waals surface area contributed by atoms with Gasteiger partial charge < -0.3 is 11.1 Å². The van der Waals surface area contributed by atoms with Crippen molar-refractivity contribution in [3.05, 3.63) is 64.8 Å². The minimum absolute atomic E-state index is 0.0265. The lowest BCUT2D eigenvalue weighted by Gasteiger charge is -2.35. The number of nitrogens with zero attached hydrogens (tertiary/aromatic N) is 2. The lowest BCUT2D eigenvalue weighted by atomic mass is 9.91. The highest BCUT2D eigenvalue weighted by molar-refractivity contribution is 7.89. The fourth-order valence-corrected chi connectivity index (χ4v) is 6.07. The Balaban J connectivity index is 1.50. The Kier molecular flexibility index (Phi) is 7.18. The van der Waals surface area contributed by atoms with Crippen LogP contribution >= 0.6 is 11.6 Å². The summed E-state index contributed by atoms with van der Waals surface area (Å²) in [6.45, 7) is 0. The van der Waals surface area contributed by atoms with E-state index in [2.05, 4.69) is 10.3 Å². The number of aromatic nitrogens is 1. The van der Waals surface area contributed by atoms with E-state index in [-0.39, 0.29) is 33.7 Å². The first-order valence-electron chi connectivity index (χ1n) is 11.2. The Morgan fingerprint density at radius 2 is 1.81 bits per heavy atom. The van der Waals surface area contributed by atoms with E-state index in [9.17, 15) is 26.4 Å². The van der Waals surface area contributed by atoms with Crippen LogP contribution in [-0.4, -0.2) is 42.7 Å². The lowest BCUT2D eigenvalue weighted by Crippen LogP contribution is -2.41. The average molecular weight is 541 g/mol. The monoisotopic (exact) mass is 540 g/mol. The second-order valence-electron chi connectivity index (χ2n) is 8.78. The number of hydrogen-bond donors (Lipinski definition) is 2. The number of alkyl halides is 3. The third-order valence-electron chi connectivity index (χ3n) is 6.43. The molecule has 0 unspecified atom stereocenters. The molecule has 0 saturated heterocycles. The number of pyridine rings is 1. The Labute approximate surface area is 211 Å². The highest BCUT2D eigenvalue weighted by Crippen LogP contribution is 2.36. The number of carbonyl (C=O) groups is 1. The molecule has 1 aliphatic rings. The van der Waals surface area contributed by atoms with E-state index in [0.29, 0.717) is 36.1 Å². The molecule has 12 heteroatoms. The van der Waals surface area contributed by atoms with Gasteiger partial charge in [0.05, 0.1) is 10.4 Å². The van der Waals surface area contributed by atoms with Crippen molar-refractivity contribution in [2.45, 2.75) is 48.8 Å². The van der Waals surface area contributed by atoms with Gasteiger partial charge in [0.15, 0.2) is 0 Å². The summed E-state index contributed by atoms with van der Waals surface area (Å²) in [5.74, 6) is -0.722. The number of hydrogen-bond acceptors (Lipinski definition) is 5. The highest BCUT2D eigenvalue weighted by atomic mass is 35.5. The number of amides is 1. The summed E-state index contributed by atoms with van der Waals surface area (Å²) in [7, 11) is -2.38. The fraction of sp³-hybridized carbons (Fsp3) is 0.333. The third-order valence-corrected chi connectivity index (χ3v) is 8.57. The number of anilines is 1. The fourth-order valence-electron chi connectivity index (χ4n) is 4.44. The van der Waals surface area contributed by atoms with E-state index in [4.69, 9.17) is 17.3 Å². The normalized spacial score (nSPS) is 18.9. The second kappa shape index (κ2) is 9.87. The standard InChI is InChI=1S/C24H24ClF3N4O3S/c1-32(36(34,35)18-4-2-3-14(11-18)23(29)33)17-8-6-16(7-9-17)30-21-13-22(24(26,27)28)31-20-10-5-15(25)12-19(20)21/h2-5,10-13,16-17H,6-9H2,1H3,(H2,29,33)(H,30,31). The van der Waals surface area contributed by atoms with Crippen molar-refractivity contribution in [1.29, 1.82) is 0 Å². The van der Waals surface area contributed by atoms with Gasteiger partial charge in [0, 0.05) is 40.8 Å². The van der Waals surface area contributed by atoms with Crippen LogP contribution < -0.4 is 11.1 Å². The molecule has 0 spiro atoms. The molecule has 36 heavy (non-hydrogen) atoms. The molecule has 3 aromatic rings. The van der Waals surface area contributed by atoms with Gasteiger partial charge in [-0.15, -0.1) is 0 Å². The molecule has 0 bridgehead atoms. The van der Waals surface area contributed by atoms with Gasteiger partial charge in [0.25, 0.3) is 0 Å². The maximum atomic E-state index is 13.4. The summed E-state index contributed by atoms with van der Waals surface area (Å²) < 4.78 is 67.8. The van der Waals surface area contributed by atoms with Crippen LogP contribution in [0.15, 0.2) is 53.4 Å². The predicted molar refractivity (Wildman–Crippen MR) is 131 cm³/mol. The number of rotatable bonds is 6. The van der Waals surface area contributed by atoms with E-state index in [1.54, 1.807) is 6.07 Å². The average Bonchev–Trinajstić information content (AvgIpc) is 2.83. The molecule has 4 rings (SSSR count). The zero-order valence-corrected chi connectivity index (χ0v) is 20.8. The van der Waals surface area contributed by atoms with Crippen molar-refractivity contribution in [3.8, 4) is 0 Å². The number of carbonyl (C=O) groups excluding carboxylic acids is 1. The van der Waals surface area contributed by atoms with E-state index < -0.39 is 27.8 Å². The minimum Gasteiger partial charge on any atom is -0.382 e. The Hall–Kier alpha value is -2.89. The third kappa shape index (κ3) is 5.42. The molecular weight excluding hydrogens is 517 g/mol. The largest absolute Gasteiger partial charge is 0.433 e. The number of primary amides is 1. The smallest absolute Gasteiger partial charge is 0.382 e. The van der Waals surface area contributed by atoms with Crippen molar-refractivity contribution in [3.63, 3.8) is 0 Å². The van der Waals surface area contributed by atoms with Gasteiger partial charge in [-0.3, -0.25) is 4.79 Å². The Morgan fingerprint density at radius 1 is 1.11 bits per heavy atom. The van der Waals surface area contributed by atoms with E-state index in [1.165, 1.54) is 47.8 Å². The predicted octanol–water partition coefficient (Wildman–Crippen LogP) is 5.05. The lowest BCUT2D eigenvalue weighted by molar-refractivity contribution is -0.140. The molecule has 0 atom stereocenters. The molecular formula is C24H24ClF3N4O3S. The molecule has 0 radical (unpaired) electrons. The van der Waals surface area contributed by atoms with Crippen LogP contribution in [0.4, 0.5) is 18.9 Å². The summed E-state index contributed by atoms with van der Waals surface area (Å²) in [6, 6.07) is 10.6. The van der Waals surface area contributed by atoms with Crippen LogP contribution in [-0.2, 0) is 16.2 Å². The number of halogens is 4. The molecule has 1 amide bonds. The van der Waals surface area contributed by atoms with Gasteiger partial charge in [-0.25, -0.2) is 13.4 Å². The van der Waals surface area contributed by atoms with Gasteiger partial charge in [0.1, 0.15) is 5.69 Å². The zero-order chi connectivity index (χ0) is 26.3. The van der Waals surface area contributed by atoms with Crippen molar-refractivity contribution in [2.24, 2.45) is 5.73 Å². The van der Waals surface area contributed by atoms with Crippen LogP contribution in [0.2, 0.25) is 5.02 Å². The van der Waals surface area contributed by atoms with Crippen LogP contribution in [0.3, 0.4) is 0 Å². The molecule has 7 nitrogen and oxygen atoms in total. The summed E-state index contributed by atoms with van der Waals surface area (Å²) in [6.07, 6.45) is -2.53. The molecule has 1 fully saturated rings. The zero-order valence-electron chi connectivity index (χ0n) is 19.2. The van der Waals surface area contributed by atoms with Crippen LogP contribution in [0.5, 0.6) is 0 Å². The Bertz CT molecular complexity index is 1410. The summed E-state index contributed by atoms with van der Waals surface area (Å²) in [5.41, 5.74) is 4.82. The molecule has 1 aromatic heterocycles. The molecule has 192 valence electrons. The van der Waals surface area contributed by atoms with Crippen molar-refractivity contribution in [1.82, 2.24) is 9.29 Å². The minimum atomic E-state index is -4.61. The first-order chi connectivity index (χ1) is 16.9. The summed E-state index contributed by atoms with van der Waals surface area (Å²) >= 11 is 6.07. The summed E-state index contributed by atoms with van der Waals surface area (Å²) in [4.78, 5) is 15.1. The van der Waals surface area contributed by atoms with Crippen molar-refractivity contribution >= 4 is 44.1 Å². The summed E-state index contributed by atoms with van der Waals surface area (Å²) in [5, 5.41) is 4.05. The van der Waals surface area contributed by atoms with Crippen LogP contribution in [0.1, 0.15) is 41.7 Å². The molecule has 0 aliphatic heterocycles. The number of fused-ring (bicyclic) bond motifs is 1. The number of nitrogens with one attached hydrogen (secondary N) is 1.